The third-order valence-corrected chi connectivity index (χ3v) is 4.78. The molecule has 0 unspecified atom stereocenters. The molecule has 37 heavy (non-hydrogen) atoms. The highest BCUT2D eigenvalue weighted by Gasteiger charge is 2.14. The summed E-state index contributed by atoms with van der Waals surface area (Å²) in [6.07, 6.45) is 0. The third-order valence-electron chi connectivity index (χ3n) is 4.78. The number of hydrogen-bond acceptors (Lipinski definition) is 9. The Morgan fingerprint density at radius 1 is 0.676 bits per heavy atom. The van der Waals surface area contributed by atoms with E-state index < -0.39 is 14.8 Å². The molecule has 200 valence electrons. The SMILES string of the molecule is C[NH2+]Cc1cc([N+](=O)[O-])cc(C)c1O.Cc1cc([N+](=O)[O-])ccc1O.Cc1cc([N+](=O)[O-])ccc1O.[I-]. The first kappa shape index (κ1) is 33.0. The van der Waals surface area contributed by atoms with Crippen molar-refractivity contribution in [3.8, 4) is 17.2 Å². The molecule has 0 saturated carbocycles. The second kappa shape index (κ2) is 15.1. The Bertz CT molecular complexity index is 1210. The Balaban J connectivity index is 0.000000524. The molecule has 0 amide bonds. The predicted molar refractivity (Wildman–Crippen MR) is 130 cm³/mol. The summed E-state index contributed by atoms with van der Waals surface area (Å²) in [5.41, 5.74) is 2.19. The van der Waals surface area contributed by atoms with Gasteiger partial charge in [-0.05, 0) is 49.6 Å². The summed E-state index contributed by atoms with van der Waals surface area (Å²) in [5, 5.41) is 60.4. The zero-order valence-corrected chi connectivity index (χ0v) is 22.6. The van der Waals surface area contributed by atoms with Gasteiger partial charge in [-0.25, -0.2) is 0 Å². The molecule has 0 aliphatic rings. The second-order valence-electron chi connectivity index (χ2n) is 7.60. The Hall–Kier alpha value is -4.05. The second-order valence-corrected chi connectivity index (χ2v) is 7.60. The van der Waals surface area contributed by atoms with E-state index in [2.05, 4.69) is 0 Å². The van der Waals surface area contributed by atoms with Gasteiger partial charge in [-0.1, -0.05) is 0 Å². The highest BCUT2D eigenvalue weighted by molar-refractivity contribution is 5.48. The Morgan fingerprint density at radius 3 is 1.38 bits per heavy atom. The van der Waals surface area contributed by atoms with E-state index in [1.54, 1.807) is 20.8 Å². The lowest BCUT2D eigenvalue weighted by atomic mass is 10.1. The number of nitro benzene ring substituents is 3. The van der Waals surface area contributed by atoms with Gasteiger partial charge in [-0.2, -0.15) is 0 Å². The van der Waals surface area contributed by atoms with Crippen LogP contribution in [-0.2, 0) is 6.54 Å². The molecule has 14 heteroatoms. The van der Waals surface area contributed by atoms with Crippen LogP contribution in [0, 0.1) is 51.1 Å². The average Bonchev–Trinajstić information content (AvgIpc) is 2.81. The molecule has 5 N–H and O–H groups in total. The molecule has 0 aromatic heterocycles. The van der Waals surface area contributed by atoms with E-state index in [1.807, 2.05) is 12.4 Å². The van der Waals surface area contributed by atoms with Gasteiger partial charge in [0.15, 0.2) is 0 Å². The van der Waals surface area contributed by atoms with Crippen molar-refractivity contribution in [2.45, 2.75) is 27.3 Å². The smallest absolute Gasteiger partial charge is 0.270 e. The first-order valence-electron chi connectivity index (χ1n) is 10.4. The van der Waals surface area contributed by atoms with E-state index in [1.165, 1.54) is 48.5 Å². The normalized spacial score (nSPS) is 9.51. The number of halogens is 1. The van der Waals surface area contributed by atoms with Crippen LogP contribution in [0.3, 0.4) is 0 Å². The fourth-order valence-electron chi connectivity index (χ4n) is 2.82. The number of phenolic OH excluding ortho intramolecular Hbond substituents is 3. The molecule has 0 saturated heterocycles. The minimum atomic E-state index is -0.494. The molecule has 3 aromatic carbocycles. The van der Waals surface area contributed by atoms with E-state index >= 15 is 0 Å². The number of aryl methyl sites for hydroxylation is 3. The summed E-state index contributed by atoms with van der Waals surface area (Å²) in [5.74, 6) is 0.305. The fraction of sp³-hybridized carbons (Fsp3) is 0.217. The molecule has 3 rings (SSSR count). The predicted octanol–water partition coefficient (Wildman–Crippen LogP) is 0.524. The third kappa shape index (κ3) is 10.2. The summed E-state index contributed by atoms with van der Waals surface area (Å²) >= 11 is 0. The number of nitrogens with two attached hydrogens (primary N) is 1. The van der Waals surface area contributed by atoms with Gasteiger partial charge in [-0.3, -0.25) is 30.3 Å². The zero-order chi connectivity index (χ0) is 27.6. The summed E-state index contributed by atoms with van der Waals surface area (Å²) in [6.45, 7) is 5.42. The number of phenols is 3. The summed E-state index contributed by atoms with van der Waals surface area (Å²) in [6, 6.07) is 10.6. The number of nitro groups is 3. The minimum Gasteiger partial charge on any atom is -1.00 e. The molecule has 0 fully saturated rings. The molecular formula is C23H27IN4O9. The number of aromatic hydroxyl groups is 3. The molecular weight excluding hydrogens is 603 g/mol. The van der Waals surface area contributed by atoms with Gasteiger partial charge in [0, 0.05) is 36.4 Å². The van der Waals surface area contributed by atoms with Gasteiger partial charge in [0.2, 0.25) is 0 Å². The lowest BCUT2D eigenvalue weighted by molar-refractivity contribution is -0.643. The van der Waals surface area contributed by atoms with E-state index in [9.17, 15) is 35.4 Å². The largest absolute Gasteiger partial charge is 1.00 e. The van der Waals surface area contributed by atoms with Crippen molar-refractivity contribution in [3.05, 3.63) is 101 Å². The quantitative estimate of drug-likeness (QED) is 0.176. The lowest BCUT2D eigenvalue weighted by Gasteiger charge is -2.04. The monoisotopic (exact) mass is 630 g/mol. The maximum absolute atomic E-state index is 10.5. The number of quaternary nitrogens is 1. The molecule has 0 heterocycles. The van der Waals surface area contributed by atoms with Crippen LogP contribution in [-0.4, -0.2) is 37.1 Å². The van der Waals surface area contributed by atoms with Crippen LogP contribution in [0.1, 0.15) is 22.3 Å². The van der Waals surface area contributed by atoms with E-state index in [0.29, 0.717) is 28.8 Å². The van der Waals surface area contributed by atoms with Gasteiger partial charge in [0.05, 0.1) is 27.4 Å². The Kier molecular flexibility index (Phi) is 13.5. The average molecular weight is 630 g/mol. The number of nitrogens with zero attached hydrogens (tertiary/aromatic N) is 3. The first-order chi connectivity index (χ1) is 16.8. The maximum atomic E-state index is 10.5. The van der Waals surface area contributed by atoms with Crippen molar-refractivity contribution in [3.63, 3.8) is 0 Å². The van der Waals surface area contributed by atoms with Crippen LogP contribution < -0.4 is 29.3 Å². The molecule has 0 radical (unpaired) electrons. The number of non-ortho nitro benzene ring substituents is 3. The molecule has 0 atom stereocenters. The van der Waals surface area contributed by atoms with Gasteiger partial charge >= 0.3 is 0 Å². The van der Waals surface area contributed by atoms with Crippen LogP contribution in [0.5, 0.6) is 17.2 Å². The topological polar surface area (TPSA) is 207 Å². The van der Waals surface area contributed by atoms with Crippen LogP contribution in [0.15, 0.2) is 48.5 Å². The van der Waals surface area contributed by atoms with Gasteiger partial charge in [0.1, 0.15) is 23.8 Å². The molecule has 0 spiro atoms. The van der Waals surface area contributed by atoms with Crippen LogP contribution in [0.4, 0.5) is 17.1 Å². The molecule has 13 nitrogen and oxygen atoms in total. The van der Waals surface area contributed by atoms with E-state index in [-0.39, 0.29) is 58.3 Å². The van der Waals surface area contributed by atoms with E-state index in [0.717, 1.165) is 0 Å². The van der Waals surface area contributed by atoms with Gasteiger partial charge in [-0.15, -0.1) is 0 Å². The fourth-order valence-corrected chi connectivity index (χ4v) is 2.82. The van der Waals surface area contributed by atoms with Crippen LogP contribution in [0.25, 0.3) is 0 Å². The van der Waals surface area contributed by atoms with Crippen molar-refractivity contribution >= 4 is 17.1 Å². The van der Waals surface area contributed by atoms with Gasteiger partial charge in [0.25, 0.3) is 17.1 Å². The van der Waals surface area contributed by atoms with Crippen molar-refractivity contribution in [1.29, 1.82) is 0 Å². The van der Waals surface area contributed by atoms with Crippen LogP contribution >= 0.6 is 0 Å². The van der Waals surface area contributed by atoms with Crippen molar-refractivity contribution in [2.75, 3.05) is 7.05 Å². The standard InChI is InChI=1S/C9H12N2O3.2C7H7NO3.HI/c1-6-3-8(11(13)14)4-7(5-10-2)9(6)12;2*1-5-4-6(8(10)11)2-3-7(5)9;/h3-4,10,12H,5H2,1-2H3;2*2-4,9H,1H3;1H. The Morgan fingerprint density at radius 2 is 1.05 bits per heavy atom. The van der Waals surface area contributed by atoms with E-state index in [4.69, 9.17) is 10.2 Å². The maximum Gasteiger partial charge on any atom is 0.270 e. The van der Waals surface area contributed by atoms with Crippen molar-refractivity contribution in [1.82, 2.24) is 0 Å². The van der Waals surface area contributed by atoms with Crippen molar-refractivity contribution in [2.24, 2.45) is 0 Å². The Labute approximate surface area is 228 Å². The zero-order valence-electron chi connectivity index (χ0n) is 20.4. The summed E-state index contributed by atoms with van der Waals surface area (Å²) < 4.78 is 0. The highest BCUT2D eigenvalue weighted by atomic mass is 127. The highest BCUT2D eigenvalue weighted by Crippen LogP contribution is 2.27. The van der Waals surface area contributed by atoms with Gasteiger partial charge < -0.3 is 44.6 Å². The minimum absolute atomic E-state index is 0. The molecule has 0 bridgehead atoms. The number of benzene rings is 3. The molecule has 3 aromatic rings. The molecule has 0 aliphatic carbocycles. The van der Waals surface area contributed by atoms with Crippen molar-refractivity contribution < 1.29 is 59.4 Å². The van der Waals surface area contributed by atoms with Crippen LogP contribution in [0.2, 0.25) is 0 Å². The number of rotatable bonds is 5. The molecule has 0 aliphatic heterocycles. The number of hydrogen-bond donors (Lipinski definition) is 4. The summed E-state index contributed by atoms with van der Waals surface area (Å²) in [7, 11) is 1.84. The summed E-state index contributed by atoms with van der Waals surface area (Å²) in [4.78, 5) is 29.5. The lowest BCUT2D eigenvalue weighted by Crippen LogP contribution is -3.00. The first-order valence-corrected chi connectivity index (χ1v) is 10.4.